The van der Waals surface area contributed by atoms with Gasteiger partial charge in [-0.3, -0.25) is 0 Å². The van der Waals surface area contributed by atoms with E-state index >= 15 is 0 Å². The zero-order chi connectivity index (χ0) is 14.6. The zero-order valence-corrected chi connectivity index (χ0v) is 12.4. The molecule has 0 aromatic rings. The Morgan fingerprint density at radius 1 is 1.42 bits per heavy atom. The molecule has 5 heteroatoms. The predicted molar refractivity (Wildman–Crippen MR) is 74.0 cm³/mol. The maximum absolute atomic E-state index is 12.2. The van der Waals surface area contributed by atoms with Crippen molar-refractivity contribution in [1.29, 1.82) is 0 Å². The van der Waals surface area contributed by atoms with Gasteiger partial charge in [0.1, 0.15) is 5.54 Å². The van der Waals surface area contributed by atoms with E-state index in [4.69, 9.17) is 0 Å². The van der Waals surface area contributed by atoms with Crippen molar-refractivity contribution >= 4 is 12.0 Å². The zero-order valence-electron chi connectivity index (χ0n) is 12.4. The lowest BCUT2D eigenvalue weighted by Gasteiger charge is -2.36. The van der Waals surface area contributed by atoms with Crippen molar-refractivity contribution in [3.8, 4) is 0 Å². The molecule has 1 aliphatic rings. The second-order valence-corrected chi connectivity index (χ2v) is 5.96. The van der Waals surface area contributed by atoms with Gasteiger partial charge >= 0.3 is 12.0 Å². The molecule has 0 saturated heterocycles. The maximum Gasteiger partial charge on any atom is 0.329 e. The summed E-state index contributed by atoms with van der Waals surface area (Å²) in [5, 5.41) is 11.8. The summed E-state index contributed by atoms with van der Waals surface area (Å²) in [6, 6.07) is -0.0653. The lowest BCUT2D eigenvalue weighted by atomic mass is 9.86. The third-order valence-corrected chi connectivity index (χ3v) is 4.34. The quantitative estimate of drug-likeness (QED) is 0.824. The van der Waals surface area contributed by atoms with Gasteiger partial charge < -0.3 is 15.3 Å². The first-order valence-corrected chi connectivity index (χ1v) is 7.08. The molecule has 0 heterocycles. The predicted octanol–water partition coefficient (Wildman–Crippen LogP) is 2.46. The topological polar surface area (TPSA) is 69.6 Å². The first kappa shape index (κ1) is 15.8. The molecule has 110 valence electrons. The van der Waals surface area contributed by atoms with E-state index in [1.807, 2.05) is 0 Å². The lowest BCUT2D eigenvalue weighted by molar-refractivity contribution is -0.143. The van der Waals surface area contributed by atoms with Crippen molar-refractivity contribution in [2.45, 2.75) is 64.5 Å². The minimum Gasteiger partial charge on any atom is -0.480 e. The van der Waals surface area contributed by atoms with E-state index in [1.165, 1.54) is 6.42 Å². The lowest BCUT2D eigenvalue weighted by Crippen LogP contribution is -2.57. The van der Waals surface area contributed by atoms with Gasteiger partial charge in [-0.1, -0.05) is 26.7 Å². The standard InChI is InChI=1S/C14H26N2O3/c1-5-14(3,12(17)18)15-13(19)16(4)11-8-6-7-10(2)9-11/h10-11H,5-9H2,1-4H3,(H,15,19)(H,17,18). The second-order valence-electron chi connectivity index (χ2n) is 5.96. The molecule has 3 unspecified atom stereocenters. The van der Waals surface area contributed by atoms with E-state index in [9.17, 15) is 14.7 Å². The Kier molecular flexibility index (Phi) is 5.20. The number of rotatable bonds is 4. The number of hydrogen-bond donors (Lipinski definition) is 2. The van der Waals surface area contributed by atoms with E-state index in [-0.39, 0.29) is 12.1 Å². The van der Waals surface area contributed by atoms with Crippen LogP contribution in [0.25, 0.3) is 0 Å². The molecule has 2 amide bonds. The summed E-state index contributed by atoms with van der Waals surface area (Å²) in [6.45, 7) is 5.51. The Morgan fingerprint density at radius 2 is 2.05 bits per heavy atom. The average molecular weight is 270 g/mol. The number of nitrogens with zero attached hydrogens (tertiary/aromatic N) is 1. The van der Waals surface area contributed by atoms with E-state index < -0.39 is 11.5 Å². The molecule has 5 nitrogen and oxygen atoms in total. The highest BCUT2D eigenvalue weighted by atomic mass is 16.4. The van der Waals surface area contributed by atoms with E-state index in [1.54, 1.807) is 25.8 Å². The van der Waals surface area contributed by atoms with Crippen LogP contribution in [0.4, 0.5) is 4.79 Å². The first-order valence-electron chi connectivity index (χ1n) is 7.08. The van der Waals surface area contributed by atoms with Crippen LogP contribution in [0.5, 0.6) is 0 Å². The number of carboxylic acid groups (broad SMARTS) is 1. The number of carbonyl (C=O) groups excluding carboxylic acids is 1. The molecule has 1 saturated carbocycles. The van der Waals surface area contributed by atoms with Crippen molar-refractivity contribution in [2.24, 2.45) is 5.92 Å². The van der Waals surface area contributed by atoms with Crippen molar-refractivity contribution in [1.82, 2.24) is 10.2 Å². The summed E-state index contributed by atoms with van der Waals surface area (Å²) >= 11 is 0. The molecule has 2 N–H and O–H groups in total. The molecule has 1 rings (SSSR count). The molecule has 19 heavy (non-hydrogen) atoms. The van der Waals surface area contributed by atoms with Gasteiger partial charge in [-0.25, -0.2) is 9.59 Å². The minimum absolute atomic E-state index is 0.221. The Morgan fingerprint density at radius 3 is 2.53 bits per heavy atom. The number of urea groups is 1. The SMILES string of the molecule is CCC(C)(NC(=O)N(C)C1CCCC(C)C1)C(=O)O. The van der Waals surface area contributed by atoms with Gasteiger partial charge in [0.05, 0.1) is 0 Å². The fourth-order valence-electron chi connectivity index (χ4n) is 2.54. The summed E-state index contributed by atoms with van der Waals surface area (Å²) in [5.41, 5.74) is -1.19. The molecular weight excluding hydrogens is 244 g/mol. The van der Waals surface area contributed by atoms with Crippen LogP contribution in [0.3, 0.4) is 0 Å². The Bertz CT molecular complexity index is 346. The molecule has 0 spiro atoms. The van der Waals surface area contributed by atoms with Crippen LogP contribution in [-0.2, 0) is 4.79 Å². The molecule has 3 atom stereocenters. The number of aliphatic carboxylic acids is 1. The Hall–Kier alpha value is -1.26. The van der Waals surface area contributed by atoms with Crippen molar-refractivity contribution < 1.29 is 14.7 Å². The molecule has 1 fully saturated rings. The largest absolute Gasteiger partial charge is 0.480 e. The van der Waals surface area contributed by atoms with Gasteiger partial charge in [0.15, 0.2) is 0 Å². The number of amides is 2. The summed E-state index contributed by atoms with van der Waals surface area (Å²) < 4.78 is 0. The van der Waals surface area contributed by atoms with Crippen molar-refractivity contribution in [3.63, 3.8) is 0 Å². The number of nitrogens with one attached hydrogen (secondary N) is 1. The molecule has 0 bridgehead atoms. The summed E-state index contributed by atoms with van der Waals surface area (Å²) in [7, 11) is 1.76. The van der Waals surface area contributed by atoms with Crippen LogP contribution in [0.2, 0.25) is 0 Å². The van der Waals surface area contributed by atoms with Crippen LogP contribution in [0.1, 0.15) is 52.9 Å². The number of carboxylic acids is 1. The molecular formula is C14H26N2O3. The monoisotopic (exact) mass is 270 g/mol. The van der Waals surface area contributed by atoms with Gasteiger partial charge in [0, 0.05) is 13.1 Å². The number of hydrogen-bond acceptors (Lipinski definition) is 2. The van der Waals surface area contributed by atoms with Gasteiger partial charge in [0.25, 0.3) is 0 Å². The van der Waals surface area contributed by atoms with Crippen LogP contribution in [0, 0.1) is 5.92 Å². The van der Waals surface area contributed by atoms with E-state index in [0.29, 0.717) is 12.3 Å². The van der Waals surface area contributed by atoms with Crippen molar-refractivity contribution in [3.05, 3.63) is 0 Å². The van der Waals surface area contributed by atoms with E-state index in [0.717, 1.165) is 19.3 Å². The molecule has 0 aromatic carbocycles. The fourth-order valence-corrected chi connectivity index (χ4v) is 2.54. The van der Waals surface area contributed by atoms with Crippen LogP contribution < -0.4 is 5.32 Å². The highest BCUT2D eigenvalue weighted by molar-refractivity contribution is 5.85. The smallest absolute Gasteiger partial charge is 0.329 e. The third kappa shape index (κ3) is 3.85. The van der Waals surface area contributed by atoms with E-state index in [2.05, 4.69) is 12.2 Å². The van der Waals surface area contributed by atoms with Gasteiger partial charge in [0.2, 0.25) is 0 Å². The second kappa shape index (κ2) is 6.26. The van der Waals surface area contributed by atoms with Crippen LogP contribution in [-0.4, -0.2) is 40.6 Å². The average Bonchev–Trinajstić information content (AvgIpc) is 2.37. The van der Waals surface area contributed by atoms with Crippen molar-refractivity contribution in [2.75, 3.05) is 7.05 Å². The molecule has 0 aliphatic heterocycles. The molecule has 0 radical (unpaired) electrons. The number of carbonyl (C=O) groups is 2. The fraction of sp³-hybridized carbons (Fsp3) is 0.857. The van der Waals surface area contributed by atoms with Gasteiger partial charge in [-0.2, -0.15) is 0 Å². The molecule has 1 aliphatic carbocycles. The molecule has 0 aromatic heterocycles. The maximum atomic E-state index is 12.2. The summed E-state index contributed by atoms with van der Waals surface area (Å²) in [5.74, 6) is -0.361. The minimum atomic E-state index is -1.19. The highest BCUT2D eigenvalue weighted by Crippen LogP contribution is 2.26. The Balaban J connectivity index is 2.64. The summed E-state index contributed by atoms with van der Waals surface area (Å²) in [4.78, 5) is 25.1. The Labute approximate surface area is 115 Å². The van der Waals surface area contributed by atoms with Crippen LogP contribution in [0.15, 0.2) is 0 Å². The van der Waals surface area contributed by atoms with Gasteiger partial charge in [-0.15, -0.1) is 0 Å². The normalized spacial score (nSPS) is 26.3. The van der Waals surface area contributed by atoms with Crippen LogP contribution >= 0.6 is 0 Å². The highest BCUT2D eigenvalue weighted by Gasteiger charge is 2.35. The third-order valence-electron chi connectivity index (χ3n) is 4.34. The van der Waals surface area contributed by atoms with Gasteiger partial charge in [-0.05, 0) is 32.1 Å². The first-order chi connectivity index (χ1) is 8.80. The summed E-state index contributed by atoms with van der Waals surface area (Å²) in [6.07, 6.45) is 4.72.